The van der Waals surface area contributed by atoms with E-state index in [1.54, 1.807) is 7.05 Å². The maximum Gasteiger partial charge on any atom is 0.254 e. The van der Waals surface area contributed by atoms with Crippen molar-refractivity contribution in [1.82, 2.24) is 14.8 Å². The number of carbonyl (C=O) groups is 1. The van der Waals surface area contributed by atoms with Crippen molar-refractivity contribution in [3.05, 3.63) is 10.6 Å². The molecule has 0 radical (unpaired) electrons. The largest absolute Gasteiger partial charge is 0.367 e. The van der Waals surface area contributed by atoms with Gasteiger partial charge in [-0.1, -0.05) is 0 Å². The van der Waals surface area contributed by atoms with Gasteiger partial charge in [0.05, 0.1) is 0 Å². The third kappa shape index (κ3) is 1.76. The Bertz CT molecular complexity index is 369. The summed E-state index contributed by atoms with van der Waals surface area (Å²) in [5.74, 6) is -0.223. The van der Waals surface area contributed by atoms with Gasteiger partial charge < -0.3 is 15.0 Å². The normalized spacial score (nSPS) is 12.8. The average molecular weight is 202 g/mol. The second-order valence-corrected chi connectivity index (χ2v) is 2.85. The van der Waals surface area contributed by atoms with Crippen LogP contribution in [0.2, 0.25) is 0 Å². The van der Waals surface area contributed by atoms with Crippen molar-refractivity contribution in [2.75, 3.05) is 7.11 Å². The minimum Gasteiger partial charge on any atom is -0.367 e. The zero-order valence-electron chi connectivity index (χ0n) is 7.27. The molecule has 0 spiro atoms. The van der Waals surface area contributed by atoms with Crippen LogP contribution < -0.4 is 5.73 Å². The number of hydrogen-bond donors (Lipinski definition) is 2. The summed E-state index contributed by atoms with van der Waals surface area (Å²) in [6.07, 6.45) is -0.863. The summed E-state index contributed by atoms with van der Waals surface area (Å²) >= 11 is 4.87. The molecule has 0 saturated heterocycles. The van der Waals surface area contributed by atoms with Gasteiger partial charge in [0.1, 0.15) is 0 Å². The molecule has 0 bridgehead atoms. The Morgan fingerprint density at radius 2 is 2.46 bits per heavy atom. The number of amides is 1. The molecule has 0 aliphatic carbocycles. The summed E-state index contributed by atoms with van der Waals surface area (Å²) in [6.45, 7) is 0. The number of primary amides is 1. The van der Waals surface area contributed by atoms with Crippen molar-refractivity contribution >= 4 is 18.1 Å². The molecule has 1 unspecified atom stereocenters. The van der Waals surface area contributed by atoms with Gasteiger partial charge in [0.15, 0.2) is 16.7 Å². The Morgan fingerprint density at radius 3 is 2.77 bits per heavy atom. The maximum absolute atomic E-state index is 10.9. The molecule has 1 atom stereocenters. The number of H-pyrrole nitrogens is 1. The van der Waals surface area contributed by atoms with Crippen LogP contribution in [-0.4, -0.2) is 27.8 Å². The summed E-state index contributed by atoms with van der Waals surface area (Å²) < 4.78 is 6.82. The molecule has 0 aliphatic rings. The van der Waals surface area contributed by atoms with Crippen LogP contribution in [0.15, 0.2) is 0 Å². The number of aromatic nitrogens is 3. The summed E-state index contributed by atoms with van der Waals surface area (Å²) in [6, 6.07) is 0. The highest BCUT2D eigenvalue weighted by molar-refractivity contribution is 7.71. The second kappa shape index (κ2) is 3.67. The zero-order valence-corrected chi connectivity index (χ0v) is 8.09. The van der Waals surface area contributed by atoms with Gasteiger partial charge in [-0.05, 0) is 12.2 Å². The molecule has 6 nitrogen and oxygen atoms in total. The third-order valence-electron chi connectivity index (χ3n) is 1.64. The lowest BCUT2D eigenvalue weighted by molar-refractivity contribution is -0.128. The fraction of sp³-hybridized carbons (Fsp3) is 0.500. The molecule has 72 valence electrons. The van der Waals surface area contributed by atoms with Gasteiger partial charge in [-0.25, -0.2) is 0 Å². The number of nitrogens with two attached hydrogens (primary N) is 1. The van der Waals surface area contributed by atoms with Crippen LogP contribution in [0.1, 0.15) is 11.9 Å². The molecule has 7 heteroatoms. The molecule has 0 aromatic carbocycles. The minimum atomic E-state index is -0.863. The van der Waals surface area contributed by atoms with E-state index in [0.717, 1.165) is 0 Å². The van der Waals surface area contributed by atoms with Crippen molar-refractivity contribution in [3.63, 3.8) is 0 Å². The Kier molecular flexibility index (Phi) is 2.79. The molecule has 0 saturated carbocycles. The molecule has 0 aliphatic heterocycles. The maximum atomic E-state index is 10.9. The lowest BCUT2D eigenvalue weighted by Gasteiger charge is -2.09. The standard InChI is InChI=1S/C6H10N4O2S/c1-10-5(8-9-6(10)13)3(12-2)4(7)11/h3H,1-2H3,(H2,7,11)(H,9,13). The predicted molar refractivity (Wildman–Crippen MR) is 47.3 cm³/mol. The molecule has 1 rings (SSSR count). The highest BCUT2D eigenvalue weighted by Crippen LogP contribution is 2.11. The summed E-state index contributed by atoms with van der Waals surface area (Å²) in [5.41, 5.74) is 5.09. The Hall–Kier alpha value is -1.21. The molecule has 1 heterocycles. The van der Waals surface area contributed by atoms with Crippen LogP contribution in [0, 0.1) is 4.77 Å². The van der Waals surface area contributed by atoms with Gasteiger partial charge in [-0.3, -0.25) is 9.89 Å². The van der Waals surface area contributed by atoms with E-state index in [1.165, 1.54) is 11.7 Å². The number of aromatic amines is 1. The predicted octanol–water partition coefficient (Wildman–Crippen LogP) is -0.350. The molecule has 1 amide bonds. The summed E-state index contributed by atoms with van der Waals surface area (Å²) in [4.78, 5) is 10.9. The quantitative estimate of drug-likeness (QED) is 0.656. The Labute approximate surface area is 79.7 Å². The van der Waals surface area contributed by atoms with Gasteiger partial charge in [0, 0.05) is 14.2 Å². The number of carbonyl (C=O) groups excluding carboxylic acids is 1. The summed E-state index contributed by atoms with van der Waals surface area (Å²) in [5, 5.41) is 6.36. The van der Waals surface area contributed by atoms with Crippen molar-refractivity contribution in [2.24, 2.45) is 12.8 Å². The van der Waals surface area contributed by atoms with Crippen LogP contribution in [0.3, 0.4) is 0 Å². The molecular formula is C6H10N4O2S. The van der Waals surface area contributed by atoms with Gasteiger partial charge in [0.2, 0.25) is 0 Å². The van der Waals surface area contributed by atoms with Crippen LogP contribution in [0.25, 0.3) is 0 Å². The number of methoxy groups -OCH3 is 1. The SMILES string of the molecule is COC(C(N)=O)c1n[nH]c(=S)n1C. The lowest BCUT2D eigenvalue weighted by Crippen LogP contribution is -2.25. The van der Waals surface area contributed by atoms with Crippen molar-refractivity contribution in [1.29, 1.82) is 0 Å². The molecule has 0 fully saturated rings. The molecule has 3 N–H and O–H groups in total. The number of nitrogens with zero attached hydrogens (tertiary/aromatic N) is 2. The van der Waals surface area contributed by atoms with Crippen molar-refractivity contribution < 1.29 is 9.53 Å². The molecule has 1 aromatic heterocycles. The van der Waals surface area contributed by atoms with Gasteiger partial charge in [-0.2, -0.15) is 5.10 Å². The fourth-order valence-electron chi connectivity index (χ4n) is 0.942. The van der Waals surface area contributed by atoms with E-state index >= 15 is 0 Å². The Balaban J connectivity index is 3.12. The first-order chi connectivity index (χ1) is 6.07. The van der Waals surface area contributed by atoms with Crippen molar-refractivity contribution in [3.8, 4) is 0 Å². The zero-order chi connectivity index (χ0) is 10.0. The highest BCUT2D eigenvalue weighted by Gasteiger charge is 2.21. The van der Waals surface area contributed by atoms with Crippen LogP contribution in [0.4, 0.5) is 0 Å². The second-order valence-electron chi connectivity index (χ2n) is 2.46. The van der Waals surface area contributed by atoms with E-state index in [-0.39, 0.29) is 0 Å². The average Bonchev–Trinajstić information content (AvgIpc) is 2.37. The van der Waals surface area contributed by atoms with Gasteiger partial charge in [-0.15, -0.1) is 0 Å². The fourth-order valence-corrected chi connectivity index (χ4v) is 1.08. The lowest BCUT2D eigenvalue weighted by atomic mass is 10.3. The van der Waals surface area contributed by atoms with E-state index < -0.39 is 12.0 Å². The highest BCUT2D eigenvalue weighted by atomic mass is 32.1. The number of nitrogens with one attached hydrogen (secondary N) is 1. The first-order valence-corrected chi connectivity index (χ1v) is 3.92. The van der Waals surface area contributed by atoms with Gasteiger partial charge in [0.25, 0.3) is 5.91 Å². The number of ether oxygens (including phenoxy) is 1. The number of hydrogen-bond acceptors (Lipinski definition) is 4. The molecule has 13 heavy (non-hydrogen) atoms. The van der Waals surface area contributed by atoms with Crippen molar-refractivity contribution in [2.45, 2.75) is 6.10 Å². The van der Waals surface area contributed by atoms with Crippen LogP contribution >= 0.6 is 12.2 Å². The van der Waals surface area contributed by atoms with E-state index in [1.807, 2.05) is 0 Å². The van der Waals surface area contributed by atoms with Crippen LogP contribution in [0.5, 0.6) is 0 Å². The van der Waals surface area contributed by atoms with E-state index in [9.17, 15) is 4.79 Å². The number of rotatable bonds is 3. The smallest absolute Gasteiger partial charge is 0.254 e. The first-order valence-electron chi connectivity index (χ1n) is 3.51. The molecular weight excluding hydrogens is 192 g/mol. The van der Waals surface area contributed by atoms with E-state index in [2.05, 4.69) is 10.2 Å². The van der Waals surface area contributed by atoms with E-state index in [0.29, 0.717) is 10.6 Å². The third-order valence-corrected chi connectivity index (χ3v) is 2.01. The first kappa shape index (κ1) is 9.87. The topological polar surface area (TPSA) is 85.9 Å². The molecule has 1 aromatic rings. The van der Waals surface area contributed by atoms with Crippen LogP contribution in [-0.2, 0) is 16.6 Å². The minimum absolute atomic E-state index is 0.375. The monoisotopic (exact) mass is 202 g/mol. The van der Waals surface area contributed by atoms with Gasteiger partial charge >= 0.3 is 0 Å². The Morgan fingerprint density at radius 1 is 1.85 bits per heavy atom. The summed E-state index contributed by atoms with van der Waals surface area (Å²) in [7, 11) is 3.06. The van der Waals surface area contributed by atoms with E-state index in [4.69, 9.17) is 22.7 Å².